The third kappa shape index (κ3) is 3.33. The minimum absolute atomic E-state index is 0.258. The monoisotopic (exact) mass is 360 g/mol. The molecule has 1 N–H and O–H groups in total. The van der Waals surface area contributed by atoms with Gasteiger partial charge in [-0.05, 0) is 19.8 Å². The molecule has 1 saturated heterocycles. The zero-order chi connectivity index (χ0) is 18.3. The van der Waals surface area contributed by atoms with Crippen LogP contribution >= 0.6 is 0 Å². The summed E-state index contributed by atoms with van der Waals surface area (Å²) in [7, 11) is -3.75. The van der Waals surface area contributed by atoms with E-state index in [0.29, 0.717) is 18.4 Å². The van der Waals surface area contributed by atoms with Gasteiger partial charge in [0.05, 0.1) is 11.9 Å². The lowest BCUT2D eigenvalue weighted by Gasteiger charge is -2.30. The van der Waals surface area contributed by atoms with E-state index in [4.69, 9.17) is 8.92 Å². The van der Waals surface area contributed by atoms with Crippen molar-refractivity contribution < 1.29 is 17.3 Å². The quantitative estimate of drug-likeness (QED) is 0.782. The SMILES string of the molecule is CCC1(CC)O[C@@H](n2cc(C)c(=O)[nH]c2=O)[C@H](OS(C)(=O)=O)[C@@H]1C. The molecule has 0 aliphatic carbocycles. The van der Waals surface area contributed by atoms with E-state index >= 15 is 0 Å². The fourth-order valence-corrected chi connectivity index (χ4v) is 4.01. The van der Waals surface area contributed by atoms with E-state index in [-0.39, 0.29) is 5.92 Å². The summed E-state index contributed by atoms with van der Waals surface area (Å²) in [6, 6.07) is 0. The van der Waals surface area contributed by atoms with Crippen LogP contribution in [-0.2, 0) is 19.0 Å². The smallest absolute Gasteiger partial charge is 0.330 e. The first-order chi connectivity index (χ1) is 11.0. The Hall–Kier alpha value is -1.45. The molecule has 3 atom stereocenters. The molecule has 9 heteroatoms. The van der Waals surface area contributed by atoms with Crippen LogP contribution < -0.4 is 11.2 Å². The van der Waals surface area contributed by atoms with Crippen LogP contribution in [0.4, 0.5) is 0 Å². The van der Waals surface area contributed by atoms with Gasteiger partial charge in [-0.1, -0.05) is 20.8 Å². The van der Waals surface area contributed by atoms with Gasteiger partial charge in [0.1, 0.15) is 6.10 Å². The molecule has 8 nitrogen and oxygen atoms in total. The van der Waals surface area contributed by atoms with Crippen molar-refractivity contribution in [2.45, 2.75) is 58.5 Å². The molecule has 2 heterocycles. The highest BCUT2D eigenvalue weighted by atomic mass is 32.2. The molecule has 0 radical (unpaired) electrons. The first kappa shape index (κ1) is 18.9. The summed E-state index contributed by atoms with van der Waals surface area (Å²) in [6.45, 7) is 7.31. The fourth-order valence-electron chi connectivity index (χ4n) is 3.34. The summed E-state index contributed by atoms with van der Waals surface area (Å²) in [5.74, 6) is -0.258. The molecule has 0 amide bonds. The Balaban J connectivity index is 2.59. The van der Waals surface area contributed by atoms with Crippen LogP contribution in [0.25, 0.3) is 0 Å². The molecule has 0 bridgehead atoms. The normalized spacial score (nSPS) is 26.6. The van der Waals surface area contributed by atoms with Gasteiger partial charge in [0.25, 0.3) is 15.7 Å². The Bertz CT molecular complexity index is 821. The molecule has 0 unspecified atom stereocenters. The molecular weight excluding hydrogens is 336 g/mol. The summed E-state index contributed by atoms with van der Waals surface area (Å²) >= 11 is 0. The molecule has 1 aliphatic rings. The molecule has 1 fully saturated rings. The van der Waals surface area contributed by atoms with Crippen molar-refractivity contribution >= 4 is 10.1 Å². The summed E-state index contributed by atoms with van der Waals surface area (Å²) < 4.78 is 36.0. The van der Waals surface area contributed by atoms with Crippen LogP contribution in [0, 0.1) is 12.8 Å². The van der Waals surface area contributed by atoms with E-state index in [2.05, 4.69) is 4.98 Å². The Kier molecular flexibility index (Phi) is 5.08. The van der Waals surface area contributed by atoms with Gasteiger partial charge in [-0.15, -0.1) is 0 Å². The van der Waals surface area contributed by atoms with Gasteiger partial charge in [-0.2, -0.15) is 8.42 Å². The Morgan fingerprint density at radius 1 is 1.33 bits per heavy atom. The largest absolute Gasteiger partial charge is 0.348 e. The van der Waals surface area contributed by atoms with E-state index in [9.17, 15) is 18.0 Å². The van der Waals surface area contributed by atoms with E-state index in [0.717, 1.165) is 6.26 Å². The molecule has 2 rings (SSSR count). The average Bonchev–Trinajstić information content (AvgIpc) is 2.75. The topological polar surface area (TPSA) is 107 Å². The van der Waals surface area contributed by atoms with Crippen LogP contribution in [-0.4, -0.2) is 35.9 Å². The second-order valence-corrected chi connectivity index (χ2v) is 7.91. The maximum Gasteiger partial charge on any atom is 0.330 e. The predicted molar refractivity (Wildman–Crippen MR) is 88.4 cm³/mol. The van der Waals surface area contributed by atoms with Crippen molar-refractivity contribution in [2.75, 3.05) is 6.26 Å². The van der Waals surface area contributed by atoms with Crippen LogP contribution in [0.2, 0.25) is 0 Å². The van der Waals surface area contributed by atoms with E-state index in [1.54, 1.807) is 6.92 Å². The second-order valence-electron chi connectivity index (χ2n) is 6.31. The van der Waals surface area contributed by atoms with E-state index in [1.807, 2.05) is 20.8 Å². The lowest BCUT2D eigenvalue weighted by atomic mass is 9.83. The van der Waals surface area contributed by atoms with Crippen LogP contribution in [0.5, 0.6) is 0 Å². The highest BCUT2D eigenvalue weighted by Gasteiger charge is 2.53. The summed E-state index contributed by atoms with van der Waals surface area (Å²) in [6.07, 6.45) is 1.83. The van der Waals surface area contributed by atoms with Crippen molar-refractivity contribution in [1.82, 2.24) is 9.55 Å². The molecule has 1 aromatic heterocycles. The minimum Gasteiger partial charge on any atom is -0.348 e. The number of aromatic nitrogens is 2. The van der Waals surface area contributed by atoms with Gasteiger partial charge in [0.15, 0.2) is 6.23 Å². The zero-order valence-electron chi connectivity index (χ0n) is 14.5. The minimum atomic E-state index is -3.75. The standard InChI is InChI=1S/C15H24N2O6S/c1-6-15(7-2)10(4)11(23-24(5,20)21)13(22-15)17-8-9(3)12(18)16-14(17)19/h8,10-11,13H,6-7H2,1-5H3,(H,16,18,19)/t10-,11+,13+/m0/s1. The zero-order valence-corrected chi connectivity index (χ0v) is 15.3. The molecule has 136 valence electrons. The number of aromatic amines is 1. The molecule has 1 aliphatic heterocycles. The first-order valence-corrected chi connectivity index (χ1v) is 9.74. The molecule has 0 saturated carbocycles. The highest BCUT2D eigenvalue weighted by molar-refractivity contribution is 7.86. The van der Waals surface area contributed by atoms with Crippen LogP contribution in [0.15, 0.2) is 15.8 Å². The van der Waals surface area contributed by atoms with Gasteiger partial charge in [0.2, 0.25) is 0 Å². The summed E-state index contributed by atoms with van der Waals surface area (Å²) in [5, 5.41) is 0. The predicted octanol–water partition coefficient (Wildman–Crippen LogP) is 0.914. The first-order valence-electron chi connectivity index (χ1n) is 7.92. The molecule has 24 heavy (non-hydrogen) atoms. The van der Waals surface area contributed by atoms with Gasteiger partial charge in [0, 0.05) is 17.7 Å². The number of hydrogen-bond donors (Lipinski definition) is 1. The lowest BCUT2D eigenvalue weighted by molar-refractivity contribution is -0.0960. The number of aryl methyl sites for hydroxylation is 1. The highest BCUT2D eigenvalue weighted by Crippen LogP contribution is 2.46. The Labute approximate surface area is 140 Å². The average molecular weight is 360 g/mol. The molecule has 1 aromatic rings. The van der Waals surface area contributed by atoms with Crippen molar-refractivity contribution in [3.63, 3.8) is 0 Å². The van der Waals surface area contributed by atoms with Gasteiger partial charge < -0.3 is 4.74 Å². The third-order valence-corrected chi connectivity index (χ3v) is 5.43. The Morgan fingerprint density at radius 2 is 1.92 bits per heavy atom. The fraction of sp³-hybridized carbons (Fsp3) is 0.733. The van der Waals surface area contributed by atoms with Crippen molar-refractivity contribution in [1.29, 1.82) is 0 Å². The van der Waals surface area contributed by atoms with E-state index < -0.39 is 39.3 Å². The van der Waals surface area contributed by atoms with Crippen molar-refractivity contribution in [2.24, 2.45) is 5.92 Å². The Morgan fingerprint density at radius 3 is 2.42 bits per heavy atom. The van der Waals surface area contributed by atoms with Crippen molar-refractivity contribution in [3.8, 4) is 0 Å². The number of nitrogens with one attached hydrogen (secondary N) is 1. The number of hydrogen-bond acceptors (Lipinski definition) is 6. The number of ether oxygens (including phenoxy) is 1. The molecule has 0 aromatic carbocycles. The number of rotatable bonds is 5. The maximum atomic E-state index is 12.2. The van der Waals surface area contributed by atoms with Crippen LogP contribution in [0.1, 0.15) is 45.4 Å². The molecular formula is C15H24N2O6S. The lowest BCUT2D eigenvalue weighted by Crippen LogP contribution is -2.38. The second kappa shape index (κ2) is 6.45. The van der Waals surface area contributed by atoms with Crippen molar-refractivity contribution in [3.05, 3.63) is 32.6 Å². The van der Waals surface area contributed by atoms with Gasteiger partial charge >= 0.3 is 5.69 Å². The number of nitrogens with zero attached hydrogens (tertiary/aromatic N) is 1. The van der Waals surface area contributed by atoms with E-state index in [1.165, 1.54) is 10.8 Å². The third-order valence-electron chi connectivity index (χ3n) is 4.86. The summed E-state index contributed by atoms with van der Waals surface area (Å²) in [5.41, 5.74) is -1.42. The van der Waals surface area contributed by atoms with Crippen LogP contribution in [0.3, 0.4) is 0 Å². The number of H-pyrrole nitrogens is 1. The van der Waals surface area contributed by atoms with Gasteiger partial charge in [-0.3, -0.25) is 18.5 Å². The maximum absolute atomic E-state index is 12.2. The van der Waals surface area contributed by atoms with Gasteiger partial charge in [-0.25, -0.2) is 4.79 Å². The summed E-state index contributed by atoms with van der Waals surface area (Å²) in [4.78, 5) is 26.0. The molecule has 0 spiro atoms.